The predicted molar refractivity (Wildman–Crippen MR) is 73.7 cm³/mol. The van der Waals surface area contributed by atoms with E-state index in [-0.39, 0.29) is 0 Å². The molecule has 0 atom stereocenters. The number of ether oxygens (including phenoxy) is 1. The van der Waals surface area contributed by atoms with Crippen molar-refractivity contribution in [1.82, 2.24) is 4.98 Å². The average Bonchev–Trinajstić information content (AvgIpc) is 2.40. The summed E-state index contributed by atoms with van der Waals surface area (Å²) in [4.78, 5) is 4.27. The van der Waals surface area contributed by atoms with Gasteiger partial charge in [0.2, 0.25) is 5.88 Å². The Kier molecular flexibility index (Phi) is 3.67. The van der Waals surface area contributed by atoms with Gasteiger partial charge < -0.3 is 15.8 Å². The molecule has 1 aromatic heterocycles. The Morgan fingerprint density at radius 1 is 1.17 bits per heavy atom. The van der Waals surface area contributed by atoms with Crippen LogP contribution in [0.15, 0.2) is 36.4 Å². The maximum absolute atomic E-state index is 5.85. The Labute approximate surface area is 107 Å². The van der Waals surface area contributed by atoms with Crippen LogP contribution in [0.4, 0.5) is 11.5 Å². The lowest BCUT2D eigenvalue weighted by Crippen LogP contribution is -2.05. The molecular formula is C14H17N3O. The highest BCUT2D eigenvalue weighted by molar-refractivity contribution is 5.62. The van der Waals surface area contributed by atoms with E-state index in [0.717, 1.165) is 0 Å². The van der Waals surface area contributed by atoms with Crippen LogP contribution in [0, 0.1) is 6.92 Å². The number of aromatic nitrogens is 1. The molecule has 0 saturated carbocycles. The lowest BCUT2D eigenvalue weighted by molar-refractivity contribution is 0.398. The number of nitrogens with zero attached hydrogens (tertiary/aromatic N) is 1. The van der Waals surface area contributed by atoms with Gasteiger partial charge in [0.15, 0.2) is 5.82 Å². The molecule has 94 valence electrons. The standard InChI is InChI=1S/C14H17N3O/c1-10-3-5-11(6-4-10)9-16-14-12(15)7-8-13(17-14)18-2/h3-8H,9,15H2,1-2H3,(H,16,17). The van der Waals surface area contributed by atoms with Gasteiger partial charge in [-0.2, -0.15) is 4.98 Å². The molecule has 0 saturated heterocycles. The van der Waals surface area contributed by atoms with Gasteiger partial charge in [0.05, 0.1) is 12.8 Å². The van der Waals surface area contributed by atoms with Gasteiger partial charge in [-0.05, 0) is 18.6 Å². The molecule has 0 unspecified atom stereocenters. The second-order valence-electron chi connectivity index (χ2n) is 4.13. The van der Waals surface area contributed by atoms with Crippen molar-refractivity contribution in [1.29, 1.82) is 0 Å². The van der Waals surface area contributed by atoms with Gasteiger partial charge in [-0.3, -0.25) is 0 Å². The Morgan fingerprint density at radius 3 is 2.56 bits per heavy atom. The van der Waals surface area contributed by atoms with Crippen LogP contribution >= 0.6 is 0 Å². The number of hydrogen-bond acceptors (Lipinski definition) is 4. The summed E-state index contributed by atoms with van der Waals surface area (Å²) in [5.41, 5.74) is 8.90. The van der Waals surface area contributed by atoms with Crippen LogP contribution in [0.5, 0.6) is 5.88 Å². The predicted octanol–water partition coefficient (Wildman–Crippen LogP) is 2.59. The van der Waals surface area contributed by atoms with Crippen molar-refractivity contribution < 1.29 is 4.74 Å². The minimum Gasteiger partial charge on any atom is -0.481 e. The van der Waals surface area contributed by atoms with E-state index in [1.807, 2.05) is 0 Å². The first kappa shape index (κ1) is 12.2. The third-order valence-corrected chi connectivity index (χ3v) is 2.69. The number of aryl methyl sites for hydroxylation is 1. The van der Waals surface area contributed by atoms with E-state index in [1.165, 1.54) is 11.1 Å². The van der Waals surface area contributed by atoms with Gasteiger partial charge in [-0.1, -0.05) is 29.8 Å². The summed E-state index contributed by atoms with van der Waals surface area (Å²) in [7, 11) is 1.59. The van der Waals surface area contributed by atoms with Crippen LogP contribution < -0.4 is 15.8 Å². The van der Waals surface area contributed by atoms with E-state index in [1.54, 1.807) is 19.2 Å². The third-order valence-electron chi connectivity index (χ3n) is 2.69. The second kappa shape index (κ2) is 5.40. The summed E-state index contributed by atoms with van der Waals surface area (Å²) in [5.74, 6) is 1.20. The topological polar surface area (TPSA) is 60.2 Å². The fourth-order valence-electron chi connectivity index (χ4n) is 1.60. The maximum Gasteiger partial charge on any atom is 0.215 e. The summed E-state index contributed by atoms with van der Waals surface area (Å²) >= 11 is 0. The van der Waals surface area contributed by atoms with E-state index in [2.05, 4.69) is 41.5 Å². The SMILES string of the molecule is COc1ccc(N)c(NCc2ccc(C)cc2)n1. The molecule has 0 amide bonds. The number of methoxy groups -OCH3 is 1. The third kappa shape index (κ3) is 2.91. The molecule has 4 heteroatoms. The zero-order valence-electron chi connectivity index (χ0n) is 10.6. The van der Waals surface area contributed by atoms with Crippen LogP contribution in [0.1, 0.15) is 11.1 Å². The molecule has 3 N–H and O–H groups in total. The van der Waals surface area contributed by atoms with Crippen molar-refractivity contribution in [2.75, 3.05) is 18.2 Å². The minimum absolute atomic E-state index is 0.551. The van der Waals surface area contributed by atoms with Crippen molar-refractivity contribution in [3.8, 4) is 5.88 Å². The Morgan fingerprint density at radius 2 is 1.89 bits per heavy atom. The monoisotopic (exact) mass is 243 g/mol. The molecule has 1 heterocycles. The zero-order chi connectivity index (χ0) is 13.0. The molecule has 4 nitrogen and oxygen atoms in total. The summed E-state index contributed by atoms with van der Waals surface area (Å²) in [6.07, 6.45) is 0. The second-order valence-corrected chi connectivity index (χ2v) is 4.13. The Hall–Kier alpha value is -2.23. The molecule has 0 aliphatic heterocycles. The zero-order valence-corrected chi connectivity index (χ0v) is 10.6. The number of benzene rings is 1. The van der Waals surface area contributed by atoms with Crippen LogP contribution in [-0.4, -0.2) is 12.1 Å². The number of nitrogens with one attached hydrogen (secondary N) is 1. The smallest absolute Gasteiger partial charge is 0.215 e. The van der Waals surface area contributed by atoms with Gasteiger partial charge in [-0.25, -0.2) is 0 Å². The first-order valence-electron chi connectivity index (χ1n) is 5.79. The number of pyridine rings is 1. The molecule has 0 aliphatic rings. The summed E-state index contributed by atoms with van der Waals surface area (Å²) < 4.78 is 5.07. The van der Waals surface area contributed by atoms with Crippen molar-refractivity contribution >= 4 is 11.5 Å². The van der Waals surface area contributed by atoms with Crippen LogP contribution in [0.25, 0.3) is 0 Å². The summed E-state index contributed by atoms with van der Waals surface area (Å²) in [6, 6.07) is 11.9. The van der Waals surface area contributed by atoms with Crippen molar-refractivity contribution in [3.05, 3.63) is 47.5 Å². The highest BCUT2D eigenvalue weighted by atomic mass is 16.5. The summed E-state index contributed by atoms with van der Waals surface area (Å²) in [6.45, 7) is 2.75. The molecule has 0 bridgehead atoms. The molecule has 0 fully saturated rings. The van der Waals surface area contributed by atoms with Gasteiger partial charge in [0.25, 0.3) is 0 Å². The van der Waals surface area contributed by atoms with Crippen molar-refractivity contribution in [2.45, 2.75) is 13.5 Å². The van der Waals surface area contributed by atoms with E-state index in [0.29, 0.717) is 23.9 Å². The molecular weight excluding hydrogens is 226 g/mol. The largest absolute Gasteiger partial charge is 0.481 e. The molecule has 2 aromatic rings. The highest BCUT2D eigenvalue weighted by Gasteiger charge is 2.03. The van der Waals surface area contributed by atoms with Crippen molar-refractivity contribution in [3.63, 3.8) is 0 Å². The lowest BCUT2D eigenvalue weighted by Gasteiger charge is -2.09. The van der Waals surface area contributed by atoms with E-state index in [9.17, 15) is 0 Å². The van der Waals surface area contributed by atoms with Crippen LogP contribution in [0.3, 0.4) is 0 Å². The fourth-order valence-corrected chi connectivity index (χ4v) is 1.60. The molecule has 0 aliphatic carbocycles. The number of rotatable bonds is 4. The Bertz CT molecular complexity index is 523. The average molecular weight is 243 g/mol. The van der Waals surface area contributed by atoms with Crippen LogP contribution in [0.2, 0.25) is 0 Å². The molecule has 1 aromatic carbocycles. The number of hydrogen-bond donors (Lipinski definition) is 2. The van der Waals surface area contributed by atoms with Gasteiger partial charge >= 0.3 is 0 Å². The van der Waals surface area contributed by atoms with Gasteiger partial charge in [0, 0.05) is 12.6 Å². The Balaban J connectivity index is 2.07. The molecule has 0 radical (unpaired) electrons. The first-order chi connectivity index (χ1) is 8.69. The number of nitrogens with two attached hydrogens (primary N) is 1. The van der Waals surface area contributed by atoms with E-state index in [4.69, 9.17) is 10.5 Å². The maximum atomic E-state index is 5.85. The van der Waals surface area contributed by atoms with Crippen molar-refractivity contribution in [2.24, 2.45) is 0 Å². The quantitative estimate of drug-likeness (QED) is 0.866. The molecule has 2 rings (SSSR count). The van der Waals surface area contributed by atoms with Gasteiger partial charge in [0.1, 0.15) is 0 Å². The number of anilines is 2. The van der Waals surface area contributed by atoms with Gasteiger partial charge in [-0.15, -0.1) is 0 Å². The first-order valence-corrected chi connectivity index (χ1v) is 5.79. The molecule has 18 heavy (non-hydrogen) atoms. The number of nitrogen functional groups attached to an aromatic ring is 1. The normalized spacial score (nSPS) is 10.1. The lowest BCUT2D eigenvalue weighted by atomic mass is 10.1. The summed E-state index contributed by atoms with van der Waals surface area (Å²) in [5, 5.41) is 3.21. The van der Waals surface area contributed by atoms with E-state index < -0.39 is 0 Å². The molecule has 0 spiro atoms. The highest BCUT2D eigenvalue weighted by Crippen LogP contribution is 2.20. The fraction of sp³-hybridized carbons (Fsp3) is 0.214. The minimum atomic E-state index is 0.551. The van der Waals surface area contributed by atoms with E-state index >= 15 is 0 Å². The van der Waals surface area contributed by atoms with Crippen LogP contribution in [-0.2, 0) is 6.54 Å².